The molecular formula is C45H63N7O9S2. The number of primary amides is 1. The third-order valence-corrected chi connectivity index (χ3v) is 14.5. The lowest BCUT2D eigenvalue weighted by molar-refractivity contribution is -0.142. The summed E-state index contributed by atoms with van der Waals surface area (Å²) < 4.78 is 5.15. The Labute approximate surface area is 378 Å². The summed E-state index contributed by atoms with van der Waals surface area (Å²) in [4.78, 5) is 98.5. The van der Waals surface area contributed by atoms with Gasteiger partial charge in [0.05, 0.1) is 13.0 Å². The second-order valence-corrected chi connectivity index (χ2v) is 19.7. The van der Waals surface area contributed by atoms with Gasteiger partial charge < -0.3 is 47.1 Å². The number of nitrogens with one attached hydrogen (secondary N) is 5. The van der Waals surface area contributed by atoms with Gasteiger partial charge in [0.25, 0.3) is 0 Å². The zero-order chi connectivity index (χ0) is 45.5. The Hall–Kier alpha value is -4.81. The van der Waals surface area contributed by atoms with Gasteiger partial charge in [0, 0.05) is 41.4 Å². The normalized spacial score (nSPS) is 25.8. The third kappa shape index (κ3) is 14.6. The Morgan fingerprint density at radius 2 is 1.43 bits per heavy atom. The van der Waals surface area contributed by atoms with Crippen molar-refractivity contribution in [3.63, 3.8) is 0 Å². The molecule has 63 heavy (non-hydrogen) atoms. The predicted octanol–water partition coefficient (Wildman–Crippen LogP) is 2.30. The molecule has 1 spiro atoms. The van der Waals surface area contributed by atoms with E-state index in [1.165, 1.54) is 16.7 Å². The minimum absolute atomic E-state index is 0.0415. The molecule has 18 heteroatoms. The predicted molar refractivity (Wildman–Crippen MR) is 242 cm³/mol. The molecule has 5 rings (SSSR count). The van der Waals surface area contributed by atoms with E-state index in [-0.39, 0.29) is 30.9 Å². The van der Waals surface area contributed by atoms with Crippen LogP contribution in [0.1, 0.15) is 89.7 Å². The van der Waals surface area contributed by atoms with E-state index in [2.05, 4.69) is 26.6 Å². The average molecular weight is 910 g/mol. The van der Waals surface area contributed by atoms with Crippen molar-refractivity contribution in [2.45, 2.75) is 133 Å². The van der Waals surface area contributed by atoms with Crippen molar-refractivity contribution in [3.8, 4) is 5.75 Å². The maximum atomic E-state index is 14.5. The SMILES string of the molecule is CCOc1ccc(C[C@H]2NC(=O)CC3(CCCCC3)SCSC[C@H](C(=O)N3CCCC3O)NC(=O)[C@@H](CC(N)=O)NC(=O)[C@H](C(C)C)NC(=O)[C@@H](Cc3ccccc3)NC2=O)cc1. The van der Waals surface area contributed by atoms with Gasteiger partial charge in [-0.15, -0.1) is 23.5 Å². The fourth-order valence-corrected chi connectivity index (χ4v) is 11.2. The molecule has 3 aliphatic rings. The van der Waals surface area contributed by atoms with Crippen LogP contribution in [0.5, 0.6) is 5.75 Å². The molecule has 2 heterocycles. The number of carbonyl (C=O) groups excluding carboxylic acids is 7. The summed E-state index contributed by atoms with van der Waals surface area (Å²) >= 11 is 2.99. The minimum atomic E-state index is -1.51. The van der Waals surface area contributed by atoms with E-state index in [0.29, 0.717) is 36.8 Å². The molecule has 16 nitrogen and oxygen atoms in total. The zero-order valence-corrected chi connectivity index (χ0v) is 38.0. The first-order valence-electron chi connectivity index (χ1n) is 21.9. The van der Waals surface area contributed by atoms with Gasteiger partial charge in [-0.25, -0.2) is 0 Å². The number of rotatable bonds is 10. The van der Waals surface area contributed by atoms with Gasteiger partial charge >= 0.3 is 0 Å². The number of hydrogen-bond donors (Lipinski definition) is 7. The quantitative estimate of drug-likeness (QED) is 0.183. The Morgan fingerprint density at radius 1 is 0.810 bits per heavy atom. The van der Waals surface area contributed by atoms with Crippen molar-refractivity contribution in [3.05, 3.63) is 65.7 Å². The molecule has 0 bridgehead atoms. The van der Waals surface area contributed by atoms with Gasteiger partial charge in [0.15, 0.2) is 0 Å². The van der Waals surface area contributed by atoms with Crippen LogP contribution in [0, 0.1) is 5.92 Å². The van der Waals surface area contributed by atoms with Crippen molar-refractivity contribution in [1.29, 1.82) is 0 Å². The Balaban J connectivity index is 1.52. The standard InChI is InChI=1S/C45H63N7O9S2/c1-4-61-31-17-15-30(16-18-31)23-32-40(56)48-33(22-29-12-7-5-8-13-29)42(58)51-39(28(2)3)43(59)49-34(24-36(46)53)41(57)50-35(44(60)52-21-11-14-38(52)55)26-62-27-63-45(25-37(54)47-32)19-9-6-10-20-45/h5,7-8,12-13,15-18,28,32-35,38-39,55H,4,6,9-11,14,19-27H2,1-3H3,(H2,46,53)(H,47,54)(H,48,56)(H,49,59)(H,50,57)(H,51,58)/t32-,33-,34-,35-,38?,39+/m1/s1. The fourth-order valence-electron chi connectivity index (χ4n) is 8.22. The van der Waals surface area contributed by atoms with E-state index in [0.717, 1.165) is 43.2 Å². The van der Waals surface area contributed by atoms with Crippen molar-refractivity contribution >= 4 is 64.9 Å². The number of nitrogens with zero attached hydrogens (tertiary/aromatic N) is 1. The molecule has 2 aromatic rings. The van der Waals surface area contributed by atoms with Gasteiger partial charge in [0.1, 0.15) is 42.2 Å². The van der Waals surface area contributed by atoms with Gasteiger partial charge in [-0.2, -0.15) is 0 Å². The van der Waals surface area contributed by atoms with Crippen LogP contribution in [0.3, 0.4) is 0 Å². The molecule has 2 aromatic carbocycles. The molecule has 344 valence electrons. The summed E-state index contributed by atoms with van der Waals surface area (Å²) in [5, 5.41) is 25.1. The van der Waals surface area contributed by atoms with Gasteiger partial charge in [-0.1, -0.05) is 75.6 Å². The lowest BCUT2D eigenvalue weighted by atomic mass is 9.85. The van der Waals surface area contributed by atoms with E-state index in [1.807, 2.05) is 25.1 Å². The summed E-state index contributed by atoms with van der Waals surface area (Å²) in [5.74, 6) is -4.43. The second-order valence-electron chi connectivity index (χ2n) is 16.9. The number of thioether (sulfide) groups is 2. The molecule has 1 aliphatic carbocycles. The average Bonchev–Trinajstić information content (AvgIpc) is 3.69. The molecule has 8 N–H and O–H groups in total. The largest absolute Gasteiger partial charge is 0.494 e. The van der Waals surface area contributed by atoms with Crippen molar-refractivity contribution in [2.75, 3.05) is 24.0 Å². The van der Waals surface area contributed by atoms with Crippen LogP contribution in [0.25, 0.3) is 0 Å². The molecule has 0 aromatic heterocycles. The summed E-state index contributed by atoms with van der Waals surface area (Å²) in [6, 6.07) is 10.1. The highest BCUT2D eigenvalue weighted by atomic mass is 32.2. The van der Waals surface area contributed by atoms with Crippen LogP contribution in [0.2, 0.25) is 0 Å². The second kappa shape index (κ2) is 23.8. The lowest BCUT2D eigenvalue weighted by Crippen LogP contribution is -2.61. The van der Waals surface area contributed by atoms with Crippen LogP contribution in [0.15, 0.2) is 54.6 Å². The number of aliphatic hydroxyl groups is 1. The smallest absolute Gasteiger partial charge is 0.248 e. The number of likely N-dealkylation sites (tertiary alicyclic amines) is 1. The first-order chi connectivity index (χ1) is 30.2. The highest BCUT2D eigenvalue weighted by Gasteiger charge is 2.39. The monoisotopic (exact) mass is 909 g/mol. The van der Waals surface area contributed by atoms with E-state index in [9.17, 15) is 38.7 Å². The molecule has 0 radical (unpaired) electrons. The summed E-state index contributed by atoms with van der Waals surface area (Å²) in [6.45, 7) is 6.03. The summed E-state index contributed by atoms with van der Waals surface area (Å²) in [7, 11) is 0. The number of carbonyl (C=O) groups is 7. The zero-order valence-electron chi connectivity index (χ0n) is 36.4. The van der Waals surface area contributed by atoms with E-state index < -0.39 is 89.0 Å². The van der Waals surface area contributed by atoms with Crippen LogP contribution in [-0.4, -0.2) is 117 Å². The van der Waals surface area contributed by atoms with Crippen molar-refractivity contribution in [2.24, 2.45) is 11.7 Å². The number of nitrogens with two attached hydrogens (primary N) is 1. The van der Waals surface area contributed by atoms with Crippen LogP contribution < -0.4 is 37.1 Å². The lowest BCUT2D eigenvalue weighted by Gasteiger charge is -2.37. The maximum absolute atomic E-state index is 14.5. The molecule has 2 saturated heterocycles. The Bertz CT molecular complexity index is 1900. The molecule has 1 unspecified atom stereocenters. The molecule has 3 fully saturated rings. The van der Waals surface area contributed by atoms with E-state index >= 15 is 0 Å². The van der Waals surface area contributed by atoms with E-state index in [1.54, 1.807) is 62.0 Å². The summed E-state index contributed by atoms with van der Waals surface area (Å²) in [6.07, 6.45) is 3.97. The topological polar surface area (TPSA) is 238 Å². The minimum Gasteiger partial charge on any atom is -0.494 e. The van der Waals surface area contributed by atoms with Crippen LogP contribution >= 0.6 is 23.5 Å². The maximum Gasteiger partial charge on any atom is 0.248 e. The Morgan fingerprint density at radius 3 is 2.05 bits per heavy atom. The third-order valence-electron chi connectivity index (χ3n) is 11.6. The highest BCUT2D eigenvalue weighted by molar-refractivity contribution is 8.16. The molecule has 2 aliphatic heterocycles. The molecule has 1 saturated carbocycles. The number of amides is 7. The van der Waals surface area contributed by atoms with Gasteiger partial charge in [-0.05, 0) is 61.8 Å². The van der Waals surface area contributed by atoms with Crippen LogP contribution in [0.4, 0.5) is 0 Å². The molecular weight excluding hydrogens is 847 g/mol. The van der Waals surface area contributed by atoms with Crippen LogP contribution in [-0.2, 0) is 46.4 Å². The molecule has 6 atom stereocenters. The first-order valence-corrected chi connectivity index (χ1v) is 24.1. The number of hydrogen-bond acceptors (Lipinski definition) is 11. The van der Waals surface area contributed by atoms with E-state index in [4.69, 9.17) is 10.5 Å². The summed E-state index contributed by atoms with van der Waals surface area (Å²) in [5.41, 5.74) is 7.04. The Kier molecular flexibility index (Phi) is 18.6. The fraction of sp³-hybridized carbons (Fsp3) is 0.578. The first kappa shape index (κ1) is 49.2. The highest BCUT2D eigenvalue weighted by Crippen LogP contribution is 2.44. The molecule has 7 amide bonds. The van der Waals surface area contributed by atoms with Gasteiger partial charge in [-0.3, -0.25) is 33.6 Å². The van der Waals surface area contributed by atoms with Crippen molar-refractivity contribution in [1.82, 2.24) is 31.5 Å². The number of benzene rings is 2. The number of ether oxygens (including phenoxy) is 1. The van der Waals surface area contributed by atoms with Crippen molar-refractivity contribution < 1.29 is 43.4 Å². The van der Waals surface area contributed by atoms with Gasteiger partial charge in [0.2, 0.25) is 41.4 Å². The number of aliphatic hydroxyl groups excluding tert-OH is 1.